The zero-order valence-corrected chi connectivity index (χ0v) is 25.7. The molecule has 0 spiro atoms. The minimum absolute atomic E-state index is 0.562. The first-order valence-corrected chi connectivity index (χ1v) is 16.0. The summed E-state index contributed by atoms with van der Waals surface area (Å²) < 4.78 is 8.78. The summed E-state index contributed by atoms with van der Waals surface area (Å²) in [7, 11) is 0. The van der Waals surface area contributed by atoms with Gasteiger partial charge in [0.05, 0.1) is 22.3 Å². The van der Waals surface area contributed by atoms with E-state index >= 15 is 0 Å². The van der Waals surface area contributed by atoms with Crippen molar-refractivity contribution in [2.24, 2.45) is 0 Å². The summed E-state index contributed by atoms with van der Waals surface area (Å²) in [5.41, 5.74) is 7.50. The highest BCUT2D eigenvalue weighted by Crippen LogP contribution is 2.39. The zero-order chi connectivity index (χ0) is 31.6. The van der Waals surface area contributed by atoms with E-state index in [1.165, 1.54) is 21.5 Å². The topological polar surface area (TPSA) is 56.7 Å². The lowest BCUT2D eigenvalue weighted by atomic mass is 10.1. The fourth-order valence-electron chi connectivity index (χ4n) is 7.03. The molecule has 10 aromatic rings. The fraction of sp³-hybridized carbons (Fsp3) is 0. The molecule has 0 aliphatic rings. The molecule has 0 saturated heterocycles. The van der Waals surface area contributed by atoms with Crippen LogP contribution >= 0.6 is 0 Å². The Morgan fingerprint density at radius 1 is 0.417 bits per heavy atom. The van der Waals surface area contributed by atoms with E-state index in [1.54, 1.807) is 0 Å². The van der Waals surface area contributed by atoms with Crippen molar-refractivity contribution in [3.8, 4) is 39.9 Å². The number of para-hydroxylation sites is 4. The normalized spacial score (nSPS) is 11.8. The van der Waals surface area contributed by atoms with E-state index in [0.717, 1.165) is 55.3 Å². The van der Waals surface area contributed by atoms with E-state index in [1.807, 2.05) is 66.7 Å². The van der Waals surface area contributed by atoms with Crippen molar-refractivity contribution in [3.63, 3.8) is 0 Å². The van der Waals surface area contributed by atoms with Crippen LogP contribution in [0.25, 0.3) is 94.4 Å². The second-order valence-electron chi connectivity index (χ2n) is 12.0. The average molecular weight is 615 g/mol. The summed E-state index contributed by atoms with van der Waals surface area (Å²) in [4.78, 5) is 15.4. The Labute approximate surface area is 275 Å². The molecule has 0 amide bonds. The molecule has 10 rings (SSSR count). The Morgan fingerprint density at radius 2 is 1.04 bits per heavy atom. The maximum absolute atomic E-state index is 6.44. The van der Waals surface area contributed by atoms with Crippen LogP contribution in [-0.2, 0) is 0 Å². The Morgan fingerprint density at radius 3 is 1.92 bits per heavy atom. The van der Waals surface area contributed by atoms with E-state index in [4.69, 9.17) is 19.4 Å². The number of rotatable bonds is 4. The Kier molecular flexibility index (Phi) is 5.81. The average Bonchev–Trinajstić information content (AvgIpc) is 3.69. The predicted molar refractivity (Wildman–Crippen MR) is 195 cm³/mol. The van der Waals surface area contributed by atoms with Gasteiger partial charge >= 0.3 is 0 Å². The Hall–Kier alpha value is -6.59. The molecule has 48 heavy (non-hydrogen) atoms. The first-order chi connectivity index (χ1) is 23.8. The summed E-state index contributed by atoms with van der Waals surface area (Å²) in [5.74, 6) is 1.76. The largest absolute Gasteiger partial charge is 0.455 e. The molecule has 5 nitrogen and oxygen atoms in total. The molecule has 3 aromatic heterocycles. The van der Waals surface area contributed by atoms with Gasteiger partial charge in [0.1, 0.15) is 11.2 Å². The number of fused-ring (bicyclic) bond motifs is 7. The highest BCUT2D eigenvalue weighted by atomic mass is 16.3. The van der Waals surface area contributed by atoms with Gasteiger partial charge < -0.3 is 8.98 Å². The predicted octanol–water partition coefficient (Wildman–Crippen LogP) is 11.0. The van der Waals surface area contributed by atoms with E-state index in [-0.39, 0.29) is 0 Å². The molecule has 0 N–H and O–H groups in total. The molecule has 3 heterocycles. The van der Waals surface area contributed by atoms with E-state index in [2.05, 4.69) is 95.6 Å². The van der Waals surface area contributed by atoms with Crippen LogP contribution in [-0.4, -0.2) is 19.5 Å². The summed E-state index contributed by atoms with van der Waals surface area (Å²) in [5, 5.41) is 6.91. The molecule has 7 aromatic carbocycles. The molecular formula is C43H26N4O. The van der Waals surface area contributed by atoms with Crippen molar-refractivity contribution in [3.05, 3.63) is 158 Å². The summed E-state index contributed by atoms with van der Waals surface area (Å²) in [6.07, 6.45) is 0. The van der Waals surface area contributed by atoms with Crippen molar-refractivity contribution >= 4 is 54.5 Å². The summed E-state index contributed by atoms with van der Waals surface area (Å²) >= 11 is 0. The fourth-order valence-corrected chi connectivity index (χ4v) is 7.03. The van der Waals surface area contributed by atoms with Gasteiger partial charge in [-0.1, -0.05) is 115 Å². The van der Waals surface area contributed by atoms with Crippen LogP contribution in [0.15, 0.2) is 162 Å². The van der Waals surface area contributed by atoms with Crippen molar-refractivity contribution in [1.82, 2.24) is 19.5 Å². The van der Waals surface area contributed by atoms with Gasteiger partial charge in [0.2, 0.25) is 0 Å². The van der Waals surface area contributed by atoms with Gasteiger partial charge in [0.25, 0.3) is 0 Å². The molecule has 224 valence electrons. The molecule has 0 radical (unpaired) electrons. The van der Waals surface area contributed by atoms with Crippen LogP contribution in [0.4, 0.5) is 0 Å². The number of aromatic nitrogens is 4. The monoisotopic (exact) mass is 614 g/mol. The minimum Gasteiger partial charge on any atom is -0.455 e. The lowest BCUT2D eigenvalue weighted by Crippen LogP contribution is -2.03. The molecule has 0 aliphatic carbocycles. The Bertz CT molecular complexity index is 2850. The number of nitrogens with zero attached hydrogens (tertiary/aromatic N) is 4. The number of benzene rings is 7. The minimum atomic E-state index is 0.562. The van der Waals surface area contributed by atoms with Gasteiger partial charge in [0, 0.05) is 32.7 Å². The standard InChI is InChI=1S/C43H26N4O/c1-2-13-27(14-3-1)41-44-42(46-43(45-41)34-21-12-20-32-31-18-8-11-24-39(31)48-40(32)34)33-19-7-10-23-37(33)47-36-22-9-6-17-30(36)35-25-28-15-4-5-16-29(28)26-38(35)47/h1-26H. The maximum atomic E-state index is 6.44. The first kappa shape index (κ1) is 26.6. The lowest BCUT2D eigenvalue weighted by Gasteiger charge is -2.15. The zero-order valence-electron chi connectivity index (χ0n) is 25.7. The van der Waals surface area contributed by atoms with E-state index < -0.39 is 0 Å². The third-order valence-electron chi connectivity index (χ3n) is 9.24. The SMILES string of the molecule is c1ccc(-c2nc(-c3ccccc3-n3c4ccccc4c4cc5ccccc5cc43)nc(-c3cccc4c3oc3ccccc34)n2)cc1. The van der Waals surface area contributed by atoms with Gasteiger partial charge in [-0.3, -0.25) is 0 Å². The molecule has 0 aliphatic heterocycles. The summed E-state index contributed by atoms with van der Waals surface area (Å²) in [6.45, 7) is 0. The van der Waals surface area contributed by atoms with Crippen LogP contribution in [0.2, 0.25) is 0 Å². The highest BCUT2D eigenvalue weighted by Gasteiger charge is 2.21. The maximum Gasteiger partial charge on any atom is 0.167 e. The van der Waals surface area contributed by atoms with Crippen molar-refractivity contribution < 1.29 is 4.42 Å². The first-order valence-electron chi connectivity index (χ1n) is 16.0. The van der Waals surface area contributed by atoms with Gasteiger partial charge in [-0.2, -0.15) is 0 Å². The van der Waals surface area contributed by atoms with Crippen molar-refractivity contribution in [2.75, 3.05) is 0 Å². The molecule has 0 saturated carbocycles. The number of furan rings is 1. The molecule has 0 atom stereocenters. The highest BCUT2D eigenvalue weighted by molar-refractivity contribution is 6.14. The van der Waals surface area contributed by atoms with Crippen molar-refractivity contribution in [2.45, 2.75) is 0 Å². The van der Waals surface area contributed by atoms with Crippen LogP contribution < -0.4 is 0 Å². The lowest BCUT2D eigenvalue weighted by molar-refractivity contribution is 0.669. The molecule has 5 heteroatoms. The molecule has 0 bridgehead atoms. The van der Waals surface area contributed by atoms with E-state index in [9.17, 15) is 0 Å². The molecular weight excluding hydrogens is 589 g/mol. The molecule has 0 fully saturated rings. The second-order valence-corrected chi connectivity index (χ2v) is 12.0. The number of hydrogen-bond acceptors (Lipinski definition) is 4. The van der Waals surface area contributed by atoms with Crippen molar-refractivity contribution in [1.29, 1.82) is 0 Å². The second kappa shape index (κ2) is 10.5. The smallest absolute Gasteiger partial charge is 0.167 e. The van der Waals surface area contributed by atoms with Gasteiger partial charge in [-0.25, -0.2) is 15.0 Å². The van der Waals surface area contributed by atoms with E-state index in [0.29, 0.717) is 17.5 Å². The van der Waals surface area contributed by atoms with Gasteiger partial charge in [-0.05, 0) is 53.2 Å². The third kappa shape index (κ3) is 4.08. The van der Waals surface area contributed by atoms with Crippen LogP contribution in [0, 0.1) is 0 Å². The third-order valence-corrected chi connectivity index (χ3v) is 9.24. The van der Waals surface area contributed by atoms with Gasteiger partial charge in [0.15, 0.2) is 17.5 Å². The van der Waals surface area contributed by atoms with Crippen LogP contribution in [0.3, 0.4) is 0 Å². The van der Waals surface area contributed by atoms with Gasteiger partial charge in [-0.15, -0.1) is 0 Å². The number of hydrogen-bond donors (Lipinski definition) is 0. The summed E-state index contributed by atoms with van der Waals surface area (Å²) in [6, 6.07) is 54.5. The quantitative estimate of drug-likeness (QED) is 0.198. The Balaban J connectivity index is 1.26. The molecule has 0 unspecified atom stereocenters. The van der Waals surface area contributed by atoms with Crippen LogP contribution in [0.5, 0.6) is 0 Å². The van der Waals surface area contributed by atoms with Crippen LogP contribution in [0.1, 0.15) is 0 Å².